The molecule has 15 heteroatoms. The minimum atomic E-state index is -5.08. The van der Waals surface area contributed by atoms with Crippen molar-refractivity contribution < 1.29 is 32.7 Å². The molecule has 0 spiro atoms. The van der Waals surface area contributed by atoms with Gasteiger partial charge in [0.25, 0.3) is 5.91 Å². The van der Waals surface area contributed by atoms with E-state index in [0.717, 1.165) is 34.6 Å². The molecule has 244 valence electrons. The van der Waals surface area contributed by atoms with E-state index in [1.54, 1.807) is 11.1 Å². The minimum Gasteiger partial charge on any atom is -0.475 e. The van der Waals surface area contributed by atoms with Gasteiger partial charge in [-0.05, 0) is 72.9 Å². The lowest BCUT2D eigenvalue weighted by Gasteiger charge is -2.18. The maximum Gasteiger partial charge on any atom is 0.490 e. The number of carboxylic acids is 1. The molecule has 5 N–H and O–H groups in total. The van der Waals surface area contributed by atoms with Crippen molar-refractivity contribution in [2.24, 2.45) is 0 Å². The standard InChI is InChI=1S/C30H28ClN7O2.C2HF3O2/c31-25-17-32-29-34-22-8-4-5-19(15-22)9-10-21-16-23(33-27(25)37-29)11-12-26(21)36-30(40)35-24-13-14-38(18-24)28(39)20-6-2-1-3-7-20;3-2(4,5)1(6)7/h1-8,11-12,15-17,24H,9-10,13-14,18H2,(H2,35,36,40)(H2,32,33,34,37);(H,6,7)/t24-;/m1./s1. The van der Waals surface area contributed by atoms with E-state index in [4.69, 9.17) is 21.5 Å². The third-order valence-electron chi connectivity index (χ3n) is 7.30. The summed E-state index contributed by atoms with van der Waals surface area (Å²) in [6.07, 6.45) is -1.35. The molecule has 1 atom stereocenters. The molecule has 0 saturated carbocycles. The molecule has 6 bridgehead atoms. The smallest absolute Gasteiger partial charge is 0.475 e. The maximum atomic E-state index is 13.0. The predicted octanol–water partition coefficient (Wildman–Crippen LogP) is 6.39. The van der Waals surface area contributed by atoms with Crippen LogP contribution in [0.5, 0.6) is 0 Å². The fourth-order valence-electron chi connectivity index (χ4n) is 5.03. The average molecular weight is 668 g/mol. The third-order valence-corrected chi connectivity index (χ3v) is 7.58. The number of likely N-dealkylation sites (tertiary alicyclic amines) is 1. The van der Waals surface area contributed by atoms with Crippen LogP contribution in [0.2, 0.25) is 5.02 Å². The molecular weight excluding hydrogens is 639 g/mol. The Labute approximate surface area is 272 Å². The summed E-state index contributed by atoms with van der Waals surface area (Å²) in [5, 5.41) is 20.1. The number of halogens is 4. The minimum absolute atomic E-state index is 0.0187. The number of benzene rings is 3. The van der Waals surface area contributed by atoms with Crippen LogP contribution in [0.3, 0.4) is 0 Å². The van der Waals surface area contributed by atoms with E-state index < -0.39 is 12.1 Å². The number of amides is 3. The first-order valence-corrected chi connectivity index (χ1v) is 14.8. The molecule has 11 nitrogen and oxygen atoms in total. The second-order valence-corrected chi connectivity index (χ2v) is 11.1. The second-order valence-electron chi connectivity index (χ2n) is 10.7. The van der Waals surface area contributed by atoms with Gasteiger partial charge in [-0.1, -0.05) is 41.9 Å². The number of rotatable bonds is 3. The highest BCUT2D eigenvalue weighted by molar-refractivity contribution is 6.32. The average Bonchev–Trinajstić information content (AvgIpc) is 3.50. The van der Waals surface area contributed by atoms with Crippen molar-refractivity contribution in [1.29, 1.82) is 0 Å². The number of carbonyl (C=O) groups is 3. The van der Waals surface area contributed by atoms with Crippen LogP contribution in [0.4, 0.5) is 46.8 Å². The number of aliphatic carboxylic acids is 1. The highest BCUT2D eigenvalue weighted by atomic mass is 35.5. The fraction of sp³-hybridized carbons (Fsp3) is 0.219. The maximum absolute atomic E-state index is 13.0. The largest absolute Gasteiger partial charge is 0.490 e. The van der Waals surface area contributed by atoms with Crippen molar-refractivity contribution in [3.63, 3.8) is 0 Å². The summed E-state index contributed by atoms with van der Waals surface area (Å²) in [5.41, 5.74) is 5.16. The lowest BCUT2D eigenvalue weighted by atomic mass is 10.0. The van der Waals surface area contributed by atoms with E-state index in [0.29, 0.717) is 48.3 Å². The van der Waals surface area contributed by atoms with Gasteiger partial charge >= 0.3 is 18.2 Å². The number of anilines is 5. The van der Waals surface area contributed by atoms with E-state index in [2.05, 4.69) is 43.4 Å². The molecule has 0 aliphatic carbocycles. The zero-order valence-corrected chi connectivity index (χ0v) is 25.4. The van der Waals surface area contributed by atoms with E-state index in [9.17, 15) is 22.8 Å². The summed E-state index contributed by atoms with van der Waals surface area (Å²) in [6, 6.07) is 22.6. The van der Waals surface area contributed by atoms with Crippen LogP contribution in [-0.4, -0.2) is 63.2 Å². The van der Waals surface area contributed by atoms with E-state index in [-0.39, 0.29) is 18.0 Å². The third kappa shape index (κ3) is 8.88. The number of hydrogen-bond donors (Lipinski definition) is 5. The summed E-state index contributed by atoms with van der Waals surface area (Å²) in [4.78, 5) is 45.3. The molecular formula is C32H29ClF3N7O4. The molecule has 3 heterocycles. The number of aryl methyl sites for hydroxylation is 2. The number of nitrogens with zero attached hydrogens (tertiary/aromatic N) is 3. The Hall–Kier alpha value is -5.37. The summed E-state index contributed by atoms with van der Waals surface area (Å²) < 4.78 is 31.7. The van der Waals surface area contributed by atoms with Crippen molar-refractivity contribution in [3.05, 3.63) is 101 Å². The van der Waals surface area contributed by atoms with Crippen LogP contribution in [0.15, 0.2) is 79.0 Å². The monoisotopic (exact) mass is 667 g/mol. The Morgan fingerprint density at radius 1 is 0.957 bits per heavy atom. The van der Waals surface area contributed by atoms with Crippen LogP contribution in [0.1, 0.15) is 27.9 Å². The van der Waals surface area contributed by atoms with Gasteiger partial charge in [-0.2, -0.15) is 18.2 Å². The highest BCUT2D eigenvalue weighted by Gasteiger charge is 2.38. The first-order valence-electron chi connectivity index (χ1n) is 14.4. The van der Waals surface area contributed by atoms with Crippen molar-refractivity contribution in [2.75, 3.05) is 29.0 Å². The lowest BCUT2D eigenvalue weighted by Crippen LogP contribution is -2.40. The van der Waals surface area contributed by atoms with Crippen LogP contribution in [-0.2, 0) is 17.6 Å². The van der Waals surface area contributed by atoms with Gasteiger partial charge < -0.3 is 31.3 Å². The number of aromatic nitrogens is 2. The number of fused-ring (bicyclic) bond motifs is 6. The van der Waals surface area contributed by atoms with Gasteiger partial charge in [-0.15, -0.1) is 0 Å². The van der Waals surface area contributed by atoms with E-state index in [1.165, 1.54) is 0 Å². The summed E-state index contributed by atoms with van der Waals surface area (Å²) in [6.45, 7) is 1.08. The predicted molar refractivity (Wildman–Crippen MR) is 170 cm³/mol. The number of carbonyl (C=O) groups excluding carboxylic acids is 2. The van der Waals surface area contributed by atoms with Gasteiger partial charge in [0.05, 0.1) is 6.20 Å². The zero-order chi connectivity index (χ0) is 33.6. The molecule has 1 aromatic heterocycles. The van der Waals surface area contributed by atoms with Gasteiger partial charge in [-0.3, -0.25) is 4.79 Å². The SMILES string of the molecule is O=C(Nc1ccc2cc1CCc1cccc(c1)Nc1ncc(Cl)c(n1)N2)N[C@@H]1CCN(C(=O)c2ccccc2)C1.O=C(O)C(F)(F)F. The molecule has 6 rings (SSSR count). The summed E-state index contributed by atoms with van der Waals surface area (Å²) in [5.74, 6) is -1.86. The van der Waals surface area contributed by atoms with Crippen molar-refractivity contribution >= 4 is 58.3 Å². The molecule has 2 aliphatic rings. The molecule has 3 aromatic carbocycles. The topological polar surface area (TPSA) is 149 Å². The first-order chi connectivity index (χ1) is 22.4. The molecule has 2 aliphatic heterocycles. The van der Waals surface area contributed by atoms with E-state index >= 15 is 0 Å². The quantitative estimate of drug-likeness (QED) is 0.169. The molecule has 1 fully saturated rings. The molecule has 3 amide bonds. The molecule has 4 aromatic rings. The highest BCUT2D eigenvalue weighted by Crippen LogP contribution is 2.29. The first kappa shape index (κ1) is 33.0. The van der Waals surface area contributed by atoms with E-state index in [1.807, 2.05) is 60.7 Å². The van der Waals surface area contributed by atoms with Crippen molar-refractivity contribution in [2.45, 2.75) is 31.5 Å². The Kier molecular flexibility index (Phi) is 10.1. The number of nitrogens with one attached hydrogen (secondary N) is 4. The molecule has 0 unspecified atom stereocenters. The Bertz CT molecular complexity index is 1780. The number of carboxylic acid groups (broad SMARTS) is 1. The van der Waals surface area contributed by atoms with Crippen molar-refractivity contribution in [1.82, 2.24) is 20.2 Å². The molecule has 47 heavy (non-hydrogen) atoms. The zero-order valence-electron chi connectivity index (χ0n) is 24.6. The van der Waals surface area contributed by atoms with Crippen LogP contribution < -0.4 is 21.3 Å². The molecule has 1 saturated heterocycles. The fourth-order valence-corrected chi connectivity index (χ4v) is 5.17. The van der Waals surface area contributed by atoms with Gasteiger partial charge in [0.1, 0.15) is 5.02 Å². The number of hydrogen-bond acceptors (Lipinski definition) is 7. The van der Waals surface area contributed by atoms with Crippen molar-refractivity contribution in [3.8, 4) is 0 Å². The van der Waals surface area contributed by atoms with Gasteiger partial charge in [0, 0.05) is 41.8 Å². The van der Waals surface area contributed by atoms with Gasteiger partial charge in [0.2, 0.25) is 5.95 Å². The Balaban J connectivity index is 0.000000559. The Morgan fingerprint density at radius 3 is 2.45 bits per heavy atom. The summed E-state index contributed by atoms with van der Waals surface area (Å²) >= 11 is 6.37. The van der Waals surface area contributed by atoms with Gasteiger partial charge in [-0.25, -0.2) is 14.6 Å². The van der Waals surface area contributed by atoms with Crippen LogP contribution in [0, 0.1) is 0 Å². The normalized spacial score (nSPS) is 15.2. The Morgan fingerprint density at radius 2 is 1.70 bits per heavy atom. The second kappa shape index (κ2) is 14.4. The van der Waals surface area contributed by atoms with Crippen LogP contribution in [0.25, 0.3) is 0 Å². The number of urea groups is 1. The number of alkyl halides is 3. The molecule has 0 radical (unpaired) electrons. The lowest BCUT2D eigenvalue weighted by molar-refractivity contribution is -0.192. The van der Waals surface area contributed by atoms with Crippen LogP contribution >= 0.6 is 11.6 Å². The summed E-state index contributed by atoms with van der Waals surface area (Å²) in [7, 11) is 0. The van der Waals surface area contributed by atoms with Gasteiger partial charge in [0.15, 0.2) is 5.82 Å².